The fourth-order valence-corrected chi connectivity index (χ4v) is 5.37. The minimum Gasteiger partial charge on any atom is -0.497 e. The fourth-order valence-electron chi connectivity index (χ4n) is 3.83. The van der Waals surface area contributed by atoms with E-state index in [0.29, 0.717) is 16.5 Å². The smallest absolute Gasteiger partial charge is 0.264 e. The predicted molar refractivity (Wildman–Crippen MR) is 153 cm³/mol. The van der Waals surface area contributed by atoms with Gasteiger partial charge in [0.25, 0.3) is 10.0 Å². The van der Waals surface area contributed by atoms with E-state index in [9.17, 15) is 18.0 Å². The summed E-state index contributed by atoms with van der Waals surface area (Å²) in [4.78, 5) is 28.4. The number of carbonyl (C=O) groups excluding carboxylic acids is 2. The number of nitrogens with zero attached hydrogens (tertiary/aromatic N) is 2. The third-order valence-electron chi connectivity index (χ3n) is 6.40. The molecular formula is C29H34ClN3O5S. The molecule has 0 aliphatic rings. The van der Waals surface area contributed by atoms with Crippen LogP contribution in [0.2, 0.25) is 5.02 Å². The molecule has 3 aromatic rings. The predicted octanol–water partition coefficient (Wildman–Crippen LogP) is 4.88. The minimum absolute atomic E-state index is 0.00665. The Morgan fingerprint density at radius 1 is 0.949 bits per heavy atom. The molecule has 208 valence electrons. The lowest BCUT2D eigenvalue weighted by molar-refractivity contribution is -0.139. The van der Waals surface area contributed by atoms with Crippen LogP contribution in [0.4, 0.5) is 5.69 Å². The maximum absolute atomic E-state index is 13.9. The summed E-state index contributed by atoms with van der Waals surface area (Å²) >= 11 is 5.98. The largest absolute Gasteiger partial charge is 0.497 e. The molecule has 39 heavy (non-hydrogen) atoms. The molecule has 1 N–H and O–H groups in total. The van der Waals surface area contributed by atoms with Gasteiger partial charge in [0.2, 0.25) is 11.8 Å². The molecule has 0 aromatic heterocycles. The van der Waals surface area contributed by atoms with Gasteiger partial charge in [-0.05, 0) is 74.4 Å². The molecule has 0 aliphatic carbocycles. The summed E-state index contributed by atoms with van der Waals surface area (Å²) in [5.41, 5.74) is 1.08. The van der Waals surface area contributed by atoms with Gasteiger partial charge in [0, 0.05) is 17.6 Å². The van der Waals surface area contributed by atoms with Gasteiger partial charge in [0.05, 0.1) is 17.7 Å². The van der Waals surface area contributed by atoms with Gasteiger partial charge in [0.15, 0.2) is 0 Å². The number of amides is 2. The first-order valence-corrected chi connectivity index (χ1v) is 14.4. The zero-order chi connectivity index (χ0) is 28.6. The lowest BCUT2D eigenvalue weighted by Crippen LogP contribution is -2.52. The second kappa shape index (κ2) is 13.5. The summed E-state index contributed by atoms with van der Waals surface area (Å²) < 4.78 is 33.8. The van der Waals surface area contributed by atoms with Gasteiger partial charge in [-0.25, -0.2) is 8.42 Å². The number of sulfonamides is 1. The van der Waals surface area contributed by atoms with Crippen LogP contribution >= 0.6 is 11.6 Å². The highest BCUT2D eigenvalue weighted by Crippen LogP contribution is 2.25. The SMILES string of the molecule is CC[C@@H](C)NC(=O)[C@@H](C)N(Cc1ccc(OC)cc1)C(=O)CN(c1ccccc1)S(=O)(=O)c1ccc(Cl)cc1. The third kappa shape index (κ3) is 7.74. The number of halogens is 1. The van der Waals surface area contributed by atoms with Gasteiger partial charge in [0.1, 0.15) is 18.3 Å². The van der Waals surface area contributed by atoms with Crippen LogP contribution in [-0.2, 0) is 26.2 Å². The number of rotatable bonds is 12. The molecular weight excluding hydrogens is 538 g/mol. The van der Waals surface area contributed by atoms with E-state index in [4.69, 9.17) is 16.3 Å². The molecule has 0 aliphatic heterocycles. The van der Waals surface area contributed by atoms with Crippen molar-refractivity contribution >= 4 is 39.1 Å². The third-order valence-corrected chi connectivity index (χ3v) is 8.45. The molecule has 0 radical (unpaired) electrons. The Bertz CT molecular complexity index is 1350. The molecule has 3 aromatic carbocycles. The number of methoxy groups -OCH3 is 1. The van der Waals surface area contributed by atoms with Gasteiger partial charge in [-0.3, -0.25) is 13.9 Å². The summed E-state index contributed by atoms with van der Waals surface area (Å²) in [5.74, 6) is -0.194. The van der Waals surface area contributed by atoms with Crippen LogP contribution in [-0.4, -0.2) is 50.9 Å². The van der Waals surface area contributed by atoms with E-state index in [1.54, 1.807) is 68.6 Å². The number of para-hydroxylation sites is 1. The maximum Gasteiger partial charge on any atom is 0.264 e. The Labute approximate surface area is 235 Å². The van der Waals surface area contributed by atoms with E-state index >= 15 is 0 Å². The lowest BCUT2D eigenvalue weighted by atomic mass is 10.1. The van der Waals surface area contributed by atoms with E-state index in [2.05, 4.69) is 5.32 Å². The van der Waals surface area contributed by atoms with Crippen molar-refractivity contribution in [1.29, 1.82) is 0 Å². The molecule has 2 amide bonds. The van der Waals surface area contributed by atoms with Crippen molar-refractivity contribution in [2.75, 3.05) is 18.0 Å². The normalized spacial score (nSPS) is 12.7. The number of hydrogen-bond donors (Lipinski definition) is 1. The van der Waals surface area contributed by atoms with Crippen molar-refractivity contribution in [2.45, 2.75) is 50.7 Å². The van der Waals surface area contributed by atoms with Crippen LogP contribution < -0.4 is 14.4 Å². The zero-order valence-electron chi connectivity index (χ0n) is 22.5. The molecule has 0 spiro atoms. The Balaban J connectivity index is 1.99. The van der Waals surface area contributed by atoms with Crippen LogP contribution in [0.25, 0.3) is 0 Å². The van der Waals surface area contributed by atoms with Crippen molar-refractivity contribution in [1.82, 2.24) is 10.2 Å². The monoisotopic (exact) mass is 571 g/mol. The standard InChI is InChI=1S/C29H34ClN3O5S/c1-5-21(2)31-29(35)22(3)32(19-23-11-15-26(38-4)16-12-23)28(34)20-33(25-9-7-6-8-10-25)39(36,37)27-17-13-24(30)14-18-27/h6-18,21-22H,5,19-20H2,1-4H3,(H,31,35)/t21-,22-/m1/s1. The molecule has 10 heteroatoms. The first kappa shape index (κ1) is 30.0. The molecule has 0 saturated carbocycles. The van der Waals surface area contributed by atoms with Gasteiger partial charge < -0.3 is 15.0 Å². The van der Waals surface area contributed by atoms with Crippen molar-refractivity contribution in [2.24, 2.45) is 0 Å². The Morgan fingerprint density at radius 3 is 2.13 bits per heavy atom. The number of benzene rings is 3. The van der Waals surface area contributed by atoms with Crippen LogP contribution in [0, 0.1) is 0 Å². The second-order valence-corrected chi connectivity index (χ2v) is 11.5. The van der Waals surface area contributed by atoms with E-state index in [1.165, 1.54) is 29.2 Å². The van der Waals surface area contributed by atoms with Crippen LogP contribution in [0.3, 0.4) is 0 Å². The Morgan fingerprint density at radius 2 is 1.56 bits per heavy atom. The first-order valence-electron chi connectivity index (χ1n) is 12.6. The number of hydrogen-bond acceptors (Lipinski definition) is 5. The topological polar surface area (TPSA) is 96.0 Å². The quantitative estimate of drug-likeness (QED) is 0.334. The fraction of sp³-hybridized carbons (Fsp3) is 0.310. The molecule has 0 fully saturated rings. The molecule has 0 bridgehead atoms. The molecule has 3 rings (SSSR count). The molecule has 0 unspecified atom stereocenters. The molecule has 0 heterocycles. The van der Waals surface area contributed by atoms with E-state index < -0.39 is 28.5 Å². The molecule has 8 nitrogen and oxygen atoms in total. The molecule has 2 atom stereocenters. The van der Waals surface area contributed by atoms with Crippen molar-refractivity contribution < 1.29 is 22.7 Å². The first-order chi connectivity index (χ1) is 18.6. The summed E-state index contributed by atoms with van der Waals surface area (Å²) in [7, 11) is -2.58. The van der Waals surface area contributed by atoms with Gasteiger partial charge >= 0.3 is 0 Å². The van der Waals surface area contributed by atoms with E-state index in [0.717, 1.165) is 16.3 Å². The maximum atomic E-state index is 13.9. The second-order valence-electron chi connectivity index (χ2n) is 9.16. The average molecular weight is 572 g/mol. The van der Waals surface area contributed by atoms with Crippen LogP contribution in [0.15, 0.2) is 83.8 Å². The zero-order valence-corrected chi connectivity index (χ0v) is 24.1. The minimum atomic E-state index is -4.14. The van der Waals surface area contributed by atoms with Crippen molar-refractivity contribution in [3.8, 4) is 5.75 Å². The van der Waals surface area contributed by atoms with Crippen LogP contribution in [0.1, 0.15) is 32.8 Å². The van der Waals surface area contributed by atoms with Gasteiger partial charge in [-0.2, -0.15) is 0 Å². The number of nitrogens with one attached hydrogen (secondary N) is 1. The van der Waals surface area contributed by atoms with Crippen molar-refractivity contribution in [3.05, 3.63) is 89.4 Å². The summed E-state index contributed by atoms with van der Waals surface area (Å²) in [6, 6.07) is 20.4. The Kier molecular flexibility index (Phi) is 10.4. The highest BCUT2D eigenvalue weighted by molar-refractivity contribution is 7.92. The number of carbonyl (C=O) groups is 2. The van der Waals surface area contributed by atoms with Gasteiger partial charge in [-0.1, -0.05) is 48.9 Å². The van der Waals surface area contributed by atoms with Crippen LogP contribution in [0.5, 0.6) is 5.75 Å². The number of ether oxygens (including phenoxy) is 1. The molecule has 0 saturated heterocycles. The highest BCUT2D eigenvalue weighted by atomic mass is 35.5. The highest BCUT2D eigenvalue weighted by Gasteiger charge is 2.32. The van der Waals surface area contributed by atoms with E-state index in [-0.39, 0.29) is 23.4 Å². The summed E-state index contributed by atoms with van der Waals surface area (Å²) in [6.07, 6.45) is 0.728. The number of anilines is 1. The van der Waals surface area contributed by atoms with Gasteiger partial charge in [-0.15, -0.1) is 0 Å². The van der Waals surface area contributed by atoms with Crippen molar-refractivity contribution in [3.63, 3.8) is 0 Å². The lowest BCUT2D eigenvalue weighted by Gasteiger charge is -2.32. The summed E-state index contributed by atoms with van der Waals surface area (Å²) in [6.45, 7) is 5.07. The summed E-state index contributed by atoms with van der Waals surface area (Å²) in [5, 5.41) is 3.31. The Hall–Kier alpha value is -3.56. The van der Waals surface area contributed by atoms with E-state index in [1.807, 2.05) is 13.8 Å². The average Bonchev–Trinajstić information content (AvgIpc) is 2.94.